The van der Waals surface area contributed by atoms with Gasteiger partial charge in [-0.2, -0.15) is 0 Å². The van der Waals surface area contributed by atoms with Gasteiger partial charge in [0, 0.05) is 13.1 Å². The predicted molar refractivity (Wildman–Crippen MR) is 104 cm³/mol. The van der Waals surface area contributed by atoms with Gasteiger partial charge in [-0.3, -0.25) is 0 Å². The zero-order valence-corrected chi connectivity index (χ0v) is 16.6. The lowest BCUT2D eigenvalue weighted by atomic mass is 10.1. The molecule has 0 unspecified atom stereocenters. The molecule has 1 atom stereocenters. The first-order chi connectivity index (χ1) is 12.0. The van der Waals surface area contributed by atoms with Gasteiger partial charge < -0.3 is 19.9 Å². The molecule has 0 saturated heterocycles. The summed E-state index contributed by atoms with van der Waals surface area (Å²) in [5.74, 6) is 1.43. The molecule has 0 fully saturated rings. The van der Waals surface area contributed by atoms with E-state index in [1.165, 1.54) is 5.56 Å². The Bertz CT molecular complexity index is 689. The van der Waals surface area contributed by atoms with Gasteiger partial charge in [-0.05, 0) is 60.0 Å². The third-order valence-electron chi connectivity index (χ3n) is 3.60. The Hall–Kier alpha value is -1.56. The van der Waals surface area contributed by atoms with Crippen LogP contribution in [0, 0.1) is 6.92 Å². The van der Waals surface area contributed by atoms with E-state index in [-0.39, 0.29) is 6.10 Å². The van der Waals surface area contributed by atoms with Crippen LogP contribution in [-0.2, 0) is 13.2 Å². The summed E-state index contributed by atoms with van der Waals surface area (Å²) in [6, 6.07) is 12.3. The van der Waals surface area contributed by atoms with Crippen molar-refractivity contribution in [3.63, 3.8) is 0 Å². The SMILES string of the molecule is CCOc1cc(CNC[C@H](C)O)cc(Br)c1OCc1cccc(C)c1. The lowest BCUT2D eigenvalue weighted by molar-refractivity contribution is 0.191. The number of aliphatic hydroxyl groups excluding tert-OH is 1. The van der Waals surface area contributed by atoms with E-state index in [2.05, 4.69) is 46.4 Å². The molecule has 0 spiro atoms. The summed E-state index contributed by atoms with van der Waals surface area (Å²) in [6.45, 7) is 8.04. The predicted octanol–water partition coefficient (Wildman–Crippen LogP) is 4.21. The maximum absolute atomic E-state index is 9.35. The van der Waals surface area contributed by atoms with Crippen LogP contribution in [0.2, 0.25) is 0 Å². The molecule has 2 N–H and O–H groups in total. The van der Waals surface area contributed by atoms with Crippen molar-refractivity contribution < 1.29 is 14.6 Å². The normalized spacial score (nSPS) is 12.0. The lowest BCUT2D eigenvalue weighted by Crippen LogP contribution is -2.23. The summed E-state index contributed by atoms with van der Waals surface area (Å²) in [6.07, 6.45) is -0.369. The van der Waals surface area contributed by atoms with Gasteiger partial charge in [0.25, 0.3) is 0 Å². The van der Waals surface area contributed by atoms with Crippen LogP contribution in [0.25, 0.3) is 0 Å². The van der Waals surface area contributed by atoms with Crippen molar-refractivity contribution in [2.45, 2.75) is 40.0 Å². The Morgan fingerprint density at radius 3 is 2.64 bits per heavy atom. The maximum atomic E-state index is 9.35. The van der Waals surface area contributed by atoms with Crippen LogP contribution in [-0.4, -0.2) is 24.4 Å². The second kappa shape index (κ2) is 9.80. The Kier molecular flexibility index (Phi) is 7.75. The smallest absolute Gasteiger partial charge is 0.175 e. The average Bonchev–Trinajstić information content (AvgIpc) is 2.54. The first-order valence-corrected chi connectivity index (χ1v) is 9.31. The summed E-state index contributed by atoms with van der Waals surface area (Å²) in [7, 11) is 0. The van der Waals surface area contributed by atoms with Crippen LogP contribution in [0.3, 0.4) is 0 Å². The van der Waals surface area contributed by atoms with E-state index < -0.39 is 0 Å². The van der Waals surface area contributed by atoms with Gasteiger partial charge in [0.2, 0.25) is 0 Å². The highest BCUT2D eigenvalue weighted by Gasteiger charge is 2.13. The van der Waals surface area contributed by atoms with Crippen LogP contribution in [0.1, 0.15) is 30.5 Å². The number of hydrogen-bond donors (Lipinski definition) is 2. The highest BCUT2D eigenvalue weighted by atomic mass is 79.9. The zero-order valence-electron chi connectivity index (χ0n) is 15.0. The monoisotopic (exact) mass is 407 g/mol. The summed E-state index contributed by atoms with van der Waals surface area (Å²) < 4.78 is 12.7. The summed E-state index contributed by atoms with van der Waals surface area (Å²) in [5, 5.41) is 12.6. The molecule has 2 aromatic rings. The molecule has 0 bridgehead atoms. The van der Waals surface area contributed by atoms with E-state index in [0.717, 1.165) is 21.3 Å². The van der Waals surface area contributed by atoms with Crippen LogP contribution in [0.5, 0.6) is 11.5 Å². The number of rotatable bonds is 9. The van der Waals surface area contributed by atoms with Crippen molar-refractivity contribution in [2.75, 3.05) is 13.2 Å². The molecule has 2 aromatic carbocycles. The Morgan fingerprint density at radius 2 is 1.96 bits per heavy atom. The van der Waals surface area contributed by atoms with Gasteiger partial charge >= 0.3 is 0 Å². The minimum Gasteiger partial charge on any atom is -0.490 e. The van der Waals surface area contributed by atoms with Crippen molar-refractivity contribution in [1.29, 1.82) is 0 Å². The molecule has 4 nitrogen and oxygen atoms in total. The summed E-state index contributed by atoms with van der Waals surface area (Å²) in [5.41, 5.74) is 3.40. The number of benzene rings is 2. The van der Waals surface area contributed by atoms with Gasteiger partial charge in [-0.1, -0.05) is 29.8 Å². The van der Waals surface area contributed by atoms with Gasteiger partial charge in [-0.25, -0.2) is 0 Å². The fourth-order valence-electron chi connectivity index (χ4n) is 2.51. The number of hydrogen-bond acceptors (Lipinski definition) is 4. The number of aryl methyl sites for hydroxylation is 1. The third-order valence-corrected chi connectivity index (χ3v) is 4.19. The average molecular weight is 408 g/mol. The Morgan fingerprint density at radius 1 is 1.16 bits per heavy atom. The number of aliphatic hydroxyl groups is 1. The first-order valence-electron chi connectivity index (χ1n) is 8.52. The van der Waals surface area contributed by atoms with Crippen LogP contribution in [0.4, 0.5) is 0 Å². The van der Waals surface area contributed by atoms with Gasteiger partial charge in [-0.15, -0.1) is 0 Å². The lowest BCUT2D eigenvalue weighted by Gasteiger charge is -2.16. The quantitative estimate of drug-likeness (QED) is 0.653. The first kappa shape index (κ1) is 19.8. The molecular formula is C20H26BrNO3. The van der Waals surface area contributed by atoms with Crippen LogP contribution < -0.4 is 14.8 Å². The molecule has 0 aliphatic rings. The topological polar surface area (TPSA) is 50.7 Å². The fourth-order valence-corrected chi connectivity index (χ4v) is 3.11. The van der Waals surface area contributed by atoms with Crippen molar-refractivity contribution in [3.8, 4) is 11.5 Å². The molecule has 2 rings (SSSR count). The Labute approximate surface area is 158 Å². The molecule has 0 saturated carbocycles. The highest BCUT2D eigenvalue weighted by Crippen LogP contribution is 2.37. The van der Waals surface area contributed by atoms with Crippen molar-refractivity contribution in [3.05, 3.63) is 57.6 Å². The summed E-state index contributed by atoms with van der Waals surface area (Å²) in [4.78, 5) is 0. The molecule has 0 amide bonds. The summed E-state index contributed by atoms with van der Waals surface area (Å²) >= 11 is 3.59. The van der Waals surface area contributed by atoms with E-state index in [4.69, 9.17) is 9.47 Å². The molecule has 0 heterocycles. The molecule has 5 heteroatoms. The van der Waals surface area contributed by atoms with Gasteiger partial charge in [0.1, 0.15) is 6.61 Å². The standard InChI is InChI=1S/C20H26BrNO3/c1-4-24-19-10-17(12-22-11-15(3)23)9-18(21)20(19)25-13-16-7-5-6-14(2)8-16/h5-10,15,22-23H,4,11-13H2,1-3H3/t15-/m0/s1. The second-order valence-electron chi connectivity index (χ2n) is 6.10. The largest absolute Gasteiger partial charge is 0.490 e. The van der Waals surface area contributed by atoms with Crippen LogP contribution in [0.15, 0.2) is 40.9 Å². The van der Waals surface area contributed by atoms with Gasteiger partial charge in [0.15, 0.2) is 11.5 Å². The zero-order chi connectivity index (χ0) is 18.2. The molecule has 136 valence electrons. The third kappa shape index (κ3) is 6.34. The number of halogens is 1. The number of nitrogens with one attached hydrogen (secondary N) is 1. The van der Waals surface area contributed by atoms with Crippen molar-refractivity contribution in [2.24, 2.45) is 0 Å². The van der Waals surface area contributed by atoms with E-state index in [0.29, 0.717) is 32.1 Å². The molecule has 25 heavy (non-hydrogen) atoms. The minimum absolute atomic E-state index is 0.369. The molecule has 0 aliphatic heterocycles. The fraction of sp³-hybridized carbons (Fsp3) is 0.400. The van der Waals surface area contributed by atoms with E-state index in [1.54, 1.807) is 6.92 Å². The Balaban J connectivity index is 2.12. The second-order valence-corrected chi connectivity index (χ2v) is 6.95. The minimum atomic E-state index is -0.369. The van der Waals surface area contributed by atoms with E-state index in [9.17, 15) is 5.11 Å². The number of ether oxygens (including phenoxy) is 2. The molecular weight excluding hydrogens is 382 g/mol. The molecule has 0 aliphatic carbocycles. The highest BCUT2D eigenvalue weighted by molar-refractivity contribution is 9.10. The van der Waals surface area contributed by atoms with E-state index >= 15 is 0 Å². The van der Waals surface area contributed by atoms with E-state index in [1.807, 2.05) is 25.1 Å². The van der Waals surface area contributed by atoms with Crippen molar-refractivity contribution in [1.82, 2.24) is 5.32 Å². The molecule has 0 aromatic heterocycles. The molecule has 0 radical (unpaired) electrons. The maximum Gasteiger partial charge on any atom is 0.175 e. The van der Waals surface area contributed by atoms with Crippen LogP contribution >= 0.6 is 15.9 Å². The van der Waals surface area contributed by atoms with Crippen molar-refractivity contribution >= 4 is 15.9 Å². The van der Waals surface area contributed by atoms with Gasteiger partial charge in [0.05, 0.1) is 17.2 Å².